The molecule has 3 rings (SSSR count). The smallest absolute Gasteiger partial charge is 0.320 e. The number of carbonyl (C=O) groups excluding carboxylic acids is 3. The van der Waals surface area contributed by atoms with Crippen molar-refractivity contribution in [3.8, 4) is 0 Å². The van der Waals surface area contributed by atoms with Crippen LogP contribution in [-0.2, 0) is 11.2 Å². The topological polar surface area (TPSA) is 66.5 Å². The van der Waals surface area contributed by atoms with Crippen molar-refractivity contribution in [2.75, 3.05) is 13.1 Å². The highest BCUT2D eigenvalue weighted by molar-refractivity contribution is 6.04. The number of nitrogens with one attached hydrogen (secondary N) is 1. The first-order valence-corrected chi connectivity index (χ1v) is 11.0. The van der Waals surface area contributed by atoms with Crippen LogP contribution in [0.2, 0.25) is 0 Å². The van der Waals surface area contributed by atoms with E-state index in [4.69, 9.17) is 0 Å². The number of hydrogen-bond acceptors (Lipinski definition) is 3. The zero-order valence-electron chi connectivity index (χ0n) is 19.0. The van der Waals surface area contributed by atoms with Gasteiger partial charge in [0, 0.05) is 18.7 Å². The molecule has 1 N–H and O–H groups in total. The maximum absolute atomic E-state index is 13.2. The Hall–Kier alpha value is -4.06. The van der Waals surface area contributed by atoms with Gasteiger partial charge in [-0.25, -0.2) is 9.18 Å². The molecule has 0 radical (unpaired) electrons. The maximum Gasteiger partial charge on any atom is 0.324 e. The van der Waals surface area contributed by atoms with E-state index in [0.717, 1.165) is 23.0 Å². The standard InChI is InChI=1S/C28H27FN2O3/c1-21(20-32)18-23-6-5-7-24(11-10-23)19-31(17-16-22-12-14-26(29)15-13-22)28(34)30-27(33)25-8-3-2-4-9-25/h2-4,6-15,18,20H,5,16-17,19H2,1H3,(H,30,33,34)/b21-18+. The van der Waals surface area contributed by atoms with Gasteiger partial charge in [0.2, 0.25) is 0 Å². The summed E-state index contributed by atoms with van der Waals surface area (Å²) in [4.78, 5) is 38.0. The fraction of sp³-hybridized carbons (Fsp3) is 0.179. The molecule has 0 saturated carbocycles. The average Bonchev–Trinajstić information content (AvgIpc) is 3.07. The Morgan fingerprint density at radius 3 is 2.47 bits per heavy atom. The van der Waals surface area contributed by atoms with E-state index in [2.05, 4.69) is 5.32 Å². The van der Waals surface area contributed by atoms with Gasteiger partial charge in [0.05, 0.1) is 0 Å². The van der Waals surface area contributed by atoms with Gasteiger partial charge in [-0.3, -0.25) is 14.9 Å². The lowest BCUT2D eigenvalue weighted by atomic mass is 10.1. The van der Waals surface area contributed by atoms with Crippen LogP contribution < -0.4 is 5.32 Å². The number of nitrogens with zero attached hydrogens (tertiary/aromatic N) is 1. The van der Waals surface area contributed by atoms with Gasteiger partial charge in [-0.15, -0.1) is 0 Å². The minimum atomic E-state index is -0.501. The fourth-order valence-electron chi connectivity index (χ4n) is 3.43. The van der Waals surface area contributed by atoms with E-state index in [9.17, 15) is 18.8 Å². The minimum absolute atomic E-state index is 0.295. The van der Waals surface area contributed by atoms with Crippen molar-refractivity contribution in [3.05, 3.63) is 119 Å². The second-order valence-corrected chi connectivity index (χ2v) is 7.98. The number of benzene rings is 2. The first kappa shape index (κ1) is 24.6. The van der Waals surface area contributed by atoms with Crippen LogP contribution in [0.25, 0.3) is 0 Å². The Morgan fingerprint density at radius 2 is 1.76 bits per heavy atom. The second-order valence-electron chi connectivity index (χ2n) is 7.98. The van der Waals surface area contributed by atoms with Crippen molar-refractivity contribution in [2.24, 2.45) is 0 Å². The van der Waals surface area contributed by atoms with Crippen LogP contribution in [0.1, 0.15) is 29.3 Å². The average molecular weight is 459 g/mol. The number of allylic oxidation sites excluding steroid dienone is 6. The zero-order valence-corrected chi connectivity index (χ0v) is 19.0. The van der Waals surface area contributed by atoms with E-state index in [0.29, 0.717) is 37.1 Å². The molecule has 0 fully saturated rings. The summed E-state index contributed by atoms with van der Waals surface area (Å²) in [6.07, 6.45) is 11.6. The summed E-state index contributed by atoms with van der Waals surface area (Å²) in [6, 6.07) is 14.2. The lowest BCUT2D eigenvalue weighted by Crippen LogP contribution is -2.44. The molecule has 0 bridgehead atoms. The van der Waals surface area contributed by atoms with Crippen molar-refractivity contribution >= 4 is 18.2 Å². The van der Waals surface area contributed by atoms with E-state index in [1.165, 1.54) is 12.1 Å². The van der Waals surface area contributed by atoms with Crippen LogP contribution in [0.3, 0.4) is 0 Å². The van der Waals surface area contributed by atoms with E-state index in [-0.39, 0.29) is 5.82 Å². The molecule has 0 unspecified atom stereocenters. The van der Waals surface area contributed by atoms with Gasteiger partial charge in [-0.2, -0.15) is 0 Å². The largest absolute Gasteiger partial charge is 0.324 e. The van der Waals surface area contributed by atoms with Crippen LogP contribution in [0.4, 0.5) is 9.18 Å². The molecule has 34 heavy (non-hydrogen) atoms. The molecule has 0 heterocycles. The van der Waals surface area contributed by atoms with Gasteiger partial charge >= 0.3 is 6.03 Å². The fourth-order valence-corrected chi connectivity index (χ4v) is 3.43. The lowest BCUT2D eigenvalue weighted by Gasteiger charge is -2.23. The van der Waals surface area contributed by atoms with E-state index in [1.54, 1.807) is 60.4 Å². The minimum Gasteiger partial charge on any atom is -0.320 e. The third-order valence-electron chi connectivity index (χ3n) is 5.30. The first-order valence-electron chi connectivity index (χ1n) is 11.0. The van der Waals surface area contributed by atoms with Crippen molar-refractivity contribution in [1.29, 1.82) is 0 Å². The molecule has 0 atom stereocenters. The number of aldehydes is 1. The Kier molecular flexibility index (Phi) is 8.86. The first-order chi connectivity index (χ1) is 16.4. The number of halogens is 1. The normalized spacial score (nSPS) is 13.4. The number of amides is 3. The molecule has 6 heteroatoms. The van der Waals surface area contributed by atoms with Crippen molar-refractivity contribution in [1.82, 2.24) is 10.2 Å². The third-order valence-corrected chi connectivity index (χ3v) is 5.30. The van der Waals surface area contributed by atoms with Crippen molar-refractivity contribution in [3.63, 3.8) is 0 Å². The van der Waals surface area contributed by atoms with Crippen molar-refractivity contribution in [2.45, 2.75) is 19.8 Å². The Bertz CT molecular complexity index is 1150. The Labute approximate surface area is 199 Å². The number of urea groups is 1. The Morgan fingerprint density at radius 1 is 1.03 bits per heavy atom. The SMILES string of the molecule is C/C(C=O)=C\C1=CCC=C(CN(CCc2ccc(F)cc2)C(=O)NC(=O)c2ccccc2)C=C1. The van der Waals surface area contributed by atoms with Crippen LogP contribution in [0, 0.1) is 5.82 Å². The Balaban J connectivity index is 1.73. The molecule has 3 amide bonds. The highest BCUT2D eigenvalue weighted by Crippen LogP contribution is 2.15. The molecule has 0 aromatic heterocycles. The molecule has 5 nitrogen and oxygen atoms in total. The van der Waals surface area contributed by atoms with E-state index in [1.807, 2.05) is 24.3 Å². The van der Waals surface area contributed by atoms with Gasteiger partial charge in [0.25, 0.3) is 5.91 Å². The maximum atomic E-state index is 13.2. The second kappa shape index (κ2) is 12.3. The lowest BCUT2D eigenvalue weighted by molar-refractivity contribution is -0.104. The molecule has 2 aromatic carbocycles. The van der Waals surface area contributed by atoms with Gasteiger partial charge in [-0.1, -0.05) is 54.6 Å². The van der Waals surface area contributed by atoms with Gasteiger partial charge in [-0.05, 0) is 72.4 Å². The van der Waals surface area contributed by atoms with E-state index >= 15 is 0 Å². The predicted octanol–water partition coefficient (Wildman–Crippen LogP) is 5.18. The summed E-state index contributed by atoms with van der Waals surface area (Å²) in [6.45, 7) is 2.38. The summed E-state index contributed by atoms with van der Waals surface area (Å²) >= 11 is 0. The molecule has 0 aliphatic heterocycles. The van der Waals surface area contributed by atoms with Gasteiger partial charge in [0.1, 0.15) is 12.1 Å². The predicted molar refractivity (Wildman–Crippen MR) is 131 cm³/mol. The number of imide groups is 1. The summed E-state index contributed by atoms with van der Waals surface area (Å²) in [5, 5.41) is 2.46. The zero-order chi connectivity index (χ0) is 24.3. The number of carbonyl (C=O) groups is 3. The van der Waals surface area contributed by atoms with Gasteiger partial charge in [0.15, 0.2) is 0 Å². The number of rotatable bonds is 8. The molecule has 1 aliphatic carbocycles. The summed E-state index contributed by atoms with van der Waals surface area (Å²) in [5.74, 6) is -0.788. The summed E-state index contributed by atoms with van der Waals surface area (Å²) in [5.41, 5.74) is 3.73. The highest BCUT2D eigenvalue weighted by atomic mass is 19.1. The molecule has 174 valence electrons. The van der Waals surface area contributed by atoms with Crippen LogP contribution in [-0.4, -0.2) is 36.2 Å². The molecular formula is C28H27FN2O3. The summed E-state index contributed by atoms with van der Waals surface area (Å²) < 4.78 is 13.2. The monoisotopic (exact) mass is 458 g/mol. The molecular weight excluding hydrogens is 431 g/mol. The highest BCUT2D eigenvalue weighted by Gasteiger charge is 2.18. The quantitative estimate of drug-likeness (QED) is 0.438. The molecule has 1 aliphatic rings. The molecule has 0 spiro atoms. The van der Waals surface area contributed by atoms with Crippen LogP contribution >= 0.6 is 0 Å². The van der Waals surface area contributed by atoms with Crippen molar-refractivity contribution < 1.29 is 18.8 Å². The van der Waals surface area contributed by atoms with Crippen LogP contribution in [0.5, 0.6) is 0 Å². The van der Waals surface area contributed by atoms with Crippen LogP contribution in [0.15, 0.2) is 102 Å². The molecule has 0 saturated heterocycles. The number of hydrogen-bond donors (Lipinski definition) is 1. The van der Waals surface area contributed by atoms with Gasteiger partial charge < -0.3 is 4.90 Å². The van der Waals surface area contributed by atoms with E-state index < -0.39 is 11.9 Å². The molecule has 2 aromatic rings. The third kappa shape index (κ3) is 7.52. The summed E-state index contributed by atoms with van der Waals surface area (Å²) in [7, 11) is 0.